The van der Waals surface area contributed by atoms with Crippen molar-refractivity contribution in [1.29, 1.82) is 0 Å². The summed E-state index contributed by atoms with van der Waals surface area (Å²) in [6.07, 6.45) is 6.32. The fourth-order valence-electron chi connectivity index (χ4n) is 3.39. The smallest absolute Gasteiger partial charge is 0.0587 e. The van der Waals surface area contributed by atoms with Gasteiger partial charge in [-0.3, -0.25) is 4.98 Å². The molecule has 1 aromatic rings. The van der Waals surface area contributed by atoms with Gasteiger partial charge in [0, 0.05) is 38.0 Å². The van der Waals surface area contributed by atoms with Gasteiger partial charge in [0.25, 0.3) is 0 Å². The van der Waals surface area contributed by atoms with Gasteiger partial charge in [0.1, 0.15) is 0 Å². The molecule has 0 atom stereocenters. The van der Waals surface area contributed by atoms with Crippen molar-refractivity contribution in [2.24, 2.45) is 5.41 Å². The van der Waals surface area contributed by atoms with Crippen molar-refractivity contribution in [3.05, 3.63) is 30.1 Å². The summed E-state index contributed by atoms with van der Waals surface area (Å²) >= 11 is 0. The molecule has 1 fully saturated rings. The molecule has 0 bridgehead atoms. The Balaban J connectivity index is 2.02. The molecule has 0 aromatic carbocycles. The van der Waals surface area contributed by atoms with Crippen molar-refractivity contribution in [2.75, 3.05) is 26.8 Å². The van der Waals surface area contributed by atoms with Crippen molar-refractivity contribution < 1.29 is 4.74 Å². The van der Waals surface area contributed by atoms with Gasteiger partial charge in [-0.2, -0.15) is 0 Å². The Morgan fingerprint density at radius 2 is 2.17 bits per heavy atom. The lowest BCUT2D eigenvalue weighted by atomic mass is 9.52. The van der Waals surface area contributed by atoms with Crippen LogP contribution >= 0.6 is 0 Å². The van der Waals surface area contributed by atoms with E-state index in [2.05, 4.69) is 30.2 Å². The molecule has 0 unspecified atom stereocenters. The van der Waals surface area contributed by atoms with E-state index in [4.69, 9.17) is 4.74 Å². The van der Waals surface area contributed by atoms with Gasteiger partial charge in [-0.05, 0) is 29.9 Å². The Hall–Kier alpha value is -0.930. The Bertz CT molecular complexity index is 367. The fraction of sp³-hybridized carbons (Fsp3) is 0.667. The molecule has 18 heavy (non-hydrogen) atoms. The zero-order valence-electron chi connectivity index (χ0n) is 11.7. The quantitative estimate of drug-likeness (QED) is 0.785. The minimum absolute atomic E-state index is 0.269. The monoisotopic (exact) mass is 248 g/mol. The first kappa shape index (κ1) is 13.5. The van der Waals surface area contributed by atoms with Crippen LogP contribution in [0.25, 0.3) is 0 Å². The van der Waals surface area contributed by atoms with E-state index < -0.39 is 0 Å². The number of rotatable bonds is 6. The molecular weight excluding hydrogens is 224 g/mol. The van der Waals surface area contributed by atoms with E-state index in [0.29, 0.717) is 5.41 Å². The van der Waals surface area contributed by atoms with Gasteiger partial charge < -0.3 is 10.1 Å². The zero-order valence-corrected chi connectivity index (χ0v) is 11.7. The summed E-state index contributed by atoms with van der Waals surface area (Å²) in [7, 11) is 1.74. The maximum Gasteiger partial charge on any atom is 0.0587 e. The minimum Gasteiger partial charge on any atom is -0.383 e. The average molecular weight is 248 g/mol. The molecule has 0 aliphatic heterocycles. The Morgan fingerprint density at radius 3 is 2.72 bits per heavy atom. The maximum atomic E-state index is 5.08. The number of nitrogens with one attached hydrogen (secondary N) is 1. The highest BCUT2D eigenvalue weighted by atomic mass is 16.5. The molecule has 1 heterocycles. The summed E-state index contributed by atoms with van der Waals surface area (Å²) in [5, 5.41) is 3.51. The van der Waals surface area contributed by atoms with Crippen LogP contribution in [0.1, 0.15) is 32.3 Å². The van der Waals surface area contributed by atoms with Gasteiger partial charge in [0.2, 0.25) is 0 Å². The predicted octanol–water partition coefficient (Wildman–Crippen LogP) is 2.38. The van der Waals surface area contributed by atoms with Gasteiger partial charge in [-0.15, -0.1) is 0 Å². The van der Waals surface area contributed by atoms with Gasteiger partial charge in [0.05, 0.1) is 6.61 Å². The molecule has 2 rings (SSSR count). The lowest BCUT2D eigenvalue weighted by Crippen LogP contribution is -2.52. The number of hydrogen-bond acceptors (Lipinski definition) is 3. The molecule has 1 N–H and O–H groups in total. The first-order valence-corrected chi connectivity index (χ1v) is 6.68. The van der Waals surface area contributed by atoms with Crippen LogP contribution in [0.3, 0.4) is 0 Å². The van der Waals surface area contributed by atoms with Crippen molar-refractivity contribution in [2.45, 2.75) is 32.1 Å². The summed E-state index contributed by atoms with van der Waals surface area (Å²) < 4.78 is 5.08. The average Bonchev–Trinajstić information content (AvgIpc) is 2.33. The molecule has 3 nitrogen and oxygen atoms in total. The molecule has 1 saturated carbocycles. The molecule has 100 valence electrons. The van der Waals surface area contributed by atoms with Crippen LogP contribution < -0.4 is 5.32 Å². The van der Waals surface area contributed by atoms with Crippen LogP contribution in [-0.2, 0) is 10.2 Å². The molecule has 0 spiro atoms. The molecule has 0 saturated heterocycles. The molecule has 1 aliphatic rings. The van der Waals surface area contributed by atoms with Crippen LogP contribution in [0.5, 0.6) is 0 Å². The number of pyridine rings is 1. The third kappa shape index (κ3) is 2.90. The summed E-state index contributed by atoms with van der Waals surface area (Å²) in [5.74, 6) is 0. The van der Waals surface area contributed by atoms with Gasteiger partial charge in [-0.25, -0.2) is 0 Å². The highest BCUT2D eigenvalue weighted by molar-refractivity contribution is 5.28. The first-order chi connectivity index (χ1) is 8.58. The van der Waals surface area contributed by atoms with Gasteiger partial charge in [-0.1, -0.05) is 19.9 Å². The van der Waals surface area contributed by atoms with E-state index in [1.807, 2.05) is 18.5 Å². The molecule has 1 aromatic heterocycles. The summed E-state index contributed by atoms with van der Waals surface area (Å²) in [4.78, 5) is 4.27. The second-order valence-electron chi connectivity index (χ2n) is 6.21. The van der Waals surface area contributed by atoms with Gasteiger partial charge in [0.15, 0.2) is 0 Å². The largest absolute Gasteiger partial charge is 0.383 e. The van der Waals surface area contributed by atoms with E-state index >= 15 is 0 Å². The lowest BCUT2D eigenvalue weighted by Gasteiger charge is -2.54. The first-order valence-electron chi connectivity index (χ1n) is 6.68. The Labute approximate surface area is 110 Å². The molecule has 0 amide bonds. The van der Waals surface area contributed by atoms with Crippen LogP contribution in [0.15, 0.2) is 24.5 Å². The van der Waals surface area contributed by atoms with E-state index in [0.717, 1.165) is 19.7 Å². The second kappa shape index (κ2) is 5.37. The van der Waals surface area contributed by atoms with Crippen LogP contribution in [0.2, 0.25) is 0 Å². The molecule has 0 radical (unpaired) electrons. The molecular formula is C15H24N2O. The third-order valence-electron chi connectivity index (χ3n) is 3.85. The van der Waals surface area contributed by atoms with Crippen LogP contribution in [0.4, 0.5) is 0 Å². The third-order valence-corrected chi connectivity index (χ3v) is 3.85. The second-order valence-corrected chi connectivity index (χ2v) is 6.21. The number of methoxy groups -OCH3 is 1. The SMILES string of the molecule is COCCNCC1(c2cccnc2)CC(C)(C)C1. The van der Waals surface area contributed by atoms with Crippen molar-refractivity contribution >= 4 is 0 Å². The minimum atomic E-state index is 0.269. The van der Waals surface area contributed by atoms with E-state index in [9.17, 15) is 0 Å². The van der Waals surface area contributed by atoms with Crippen molar-refractivity contribution in [3.8, 4) is 0 Å². The van der Waals surface area contributed by atoms with Crippen molar-refractivity contribution in [3.63, 3.8) is 0 Å². The Morgan fingerprint density at radius 1 is 1.39 bits per heavy atom. The number of hydrogen-bond donors (Lipinski definition) is 1. The lowest BCUT2D eigenvalue weighted by molar-refractivity contribution is 0.0545. The normalized spacial score (nSPS) is 20.4. The van der Waals surface area contributed by atoms with Gasteiger partial charge >= 0.3 is 0 Å². The van der Waals surface area contributed by atoms with Crippen LogP contribution in [0, 0.1) is 5.41 Å². The highest BCUT2D eigenvalue weighted by Crippen LogP contribution is 2.54. The topological polar surface area (TPSA) is 34.1 Å². The maximum absolute atomic E-state index is 5.08. The van der Waals surface area contributed by atoms with E-state index in [1.54, 1.807) is 7.11 Å². The number of ether oxygens (including phenoxy) is 1. The summed E-state index contributed by atoms with van der Waals surface area (Å²) in [5.41, 5.74) is 2.10. The summed E-state index contributed by atoms with van der Waals surface area (Å²) in [6, 6.07) is 4.25. The summed E-state index contributed by atoms with van der Waals surface area (Å²) in [6.45, 7) is 7.39. The highest BCUT2D eigenvalue weighted by Gasteiger charge is 2.49. The molecule has 3 heteroatoms. The van der Waals surface area contributed by atoms with Crippen LogP contribution in [-0.4, -0.2) is 31.8 Å². The number of nitrogens with zero attached hydrogens (tertiary/aromatic N) is 1. The number of aromatic nitrogens is 1. The zero-order chi connectivity index (χ0) is 13.1. The van der Waals surface area contributed by atoms with E-state index in [1.165, 1.54) is 18.4 Å². The van der Waals surface area contributed by atoms with E-state index in [-0.39, 0.29) is 5.41 Å². The Kier molecular flexibility index (Phi) is 4.03. The van der Waals surface area contributed by atoms with Crippen molar-refractivity contribution in [1.82, 2.24) is 10.3 Å². The standard InChI is InChI=1S/C15H24N2O/c1-14(2)10-15(11-14,12-17-7-8-18-3)13-5-4-6-16-9-13/h4-6,9,17H,7-8,10-12H2,1-3H3. The fourth-order valence-corrected chi connectivity index (χ4v) is 3.39. The molecule has 1 aliphatic carbocycles. The predicted molar refractivity (Wildman–Crippen MR) is 73.7 cm³/mol.